The SMILES string of the molecule is COCCCNC(=O)CN1CCN(C(=O)c2cccc(Br)c2)CC1. The summed E-state index contributed by atoms with van der Waals surface area (Å²) in [5.41, 5.74) is 0.689. The summed E-state index contributed by atoms with van der Waals surface area (Å²) >= 11 is 3.39. The van der Waals surface area contributed by atoms with Gasteiger partial charge in [0.05, 0.1) is 6.54 Å². The highest BCUT2D eigenvalue weighted by Gasteiger charge is 2.23. The molecule has 0 aromatic heterocycles. The maximum atomic E-state index is 12.5. The van der Waals surface area contributed by atoms with Crippen LogP contribution in [0.5, 0.6) is 0 Å². The molecule has 0 unspecified atom stereocenters. The molecule has 0 atom stereocenters. The first-order valence-electron chi connectivity index (χ1n) is 8.13. The molecular formula is C17H24BrN3O3. The van der Waals surface area contributed by atoms with Crippen LogP contribution in [0, 0.1) is 0 Å². The summed E-state index contributed by atoms with van der Waals surface area (Å²) in [5, 5.41) is 2.88. The Balaban J connectivity index is 1.73. The van der Waals surface area contributed by atoms with Gasteiger partial charge in [0.1, 0.15) is 0 Å². The third-order valence-corrected chi connectivity index (χ3v) is 4.44. The molecule has 0 saturated carbocycles. The summed E-state index contributed by atoms with van der Waals surface area (Å²) in [4.78, 5) is 28.3. The Morgan fingerprint density at radius 3 is 2.67 bits per heavy atom. The van der Waals surface area contributed by atoms with Crippen LogP contribution in [0.2, 0.25) is 0 Å². The van der Waals surface area contributed by atoms with Gasteiger partial charge in [0.15, 0.2) is 0 Å². The van der Waals surface area contributed by atoms with E-state index < -0.39 is 0 Å². The Labute approximate surface area is 151 Å². The predicted octanol–water partition coefficient (Wildman–Crippen LogP) is 1.36. The van der Waals surface area contributed by atoms with E-state index in [9.17, 15) is 9.59 Å². The van der Waals surface area contributed by atoms with Crippen LogP contribution in [0.3, 0.4) is 0 Å². The van der Waals surface area contributed by atoms with Gasteiger partial charge < -0.3 is 15.0 Å². The van der Waals surface area contributed by atoms with Gasteiger partial charge in [0.2, 0.25) is 5.91 Å². The standard InChI is InChI=1S/C17H24BrN3O3/c1-24-11-3-6-19-16(22)13-20-7-9-21(10-8-20)17(23)14-4-2-5-15(18)12-14/h2,4-5,12H,3,6-11,13H2,1H3,(H,19,22). The van der Waals surface area contributed by atoms with Crippen LogP contribution >= 0.6 is 15.9 Å². The Hall–Kier alpha value is -1.44. The minimum absolute atomic E-state index is 0.0258. The Kier molecular flexibility index (Phi) is 7.68. The molecule has 1 aromatic rings. The number of nitrogens with one attached hydrogen (secondary N) is 1. The number of hydrogen-bond acceptors (Lipinski definition) is 4. The zero-order valence-corrected chi connectivity index (χ0v) is 15.5. The number of hydrogen-bond donors (Lipinski definition) is 1. The van der Waals surface area contributed by atoms with Crippen molar-refractivity contribution in [1.29, 1.82) is 0 Å². The Bertz CT molecular complexity index is 560. The van der Waals surface area contributed by atoms with Crippen molar-refractivity contribution >= 4 is 27.7 Å². The van der Waals surface area contributed by atoms with Crippen molar-refractivity contribution in [2.75, 3.05) is 53.0 Å². The monoisotopic (exact) mass is 397 g/mol. The van der Waals surface area contributed by atoms with Gasteiger partial charge in [0.25, 0.3) is 5.91 Å². The van der Waals surface area contributed by atoms with Crippen molar-refractivity contribution in [3.05, 3.63) is 34.3 Å². The fourth-order valence-electron chi connectivity index (χ4n) is 2.62. The van der Waals surface area contributed by atoms with Crippen molar-refractivity contribution < 1.29 is 14.3 Å². The van der Waals surface area contributed by atoms with E-state index in [4.69, 9.17) is 4.74 Å². The molecule has 1 aromatic carbocycles. The lowest BCUT2D eigenvalue weighted by Crippen LogP contribution is -2.51. The van der Waals surface area contributed by atoms with Crippen molar-refractivity contribution in [2.24, 2.45) is 0 Å². The third kappa shape index (κ3) is 5.89. The van der Waals surface area contributed by atoms with Crippen LogP contribution in [0.4, 0.5) is 0 Å². The minimum atomic E-state index is 0.0258. The third-order valence-electron chi connectivity index (χ3n) is 3.95. The van der Waals surface area contributed by atoms with Crippen molar-refractivity contribution in [3.63, 3.8) is 0 Å². The number of piperazine rings is 1. The molecule has 1 fully saturated rings. The molecule has 0 aliphatic carbocycles. The lowest BCUT2D eigenvalue weighted by molar-refractivity contribution is -0.122. The number of methoxy groups -OCH3 is 1. The topological polar surface area (TPSA) is 61.9 Å². The molecule has 24 heavy (non-hydrogen) atoms. The quantitative estimate of drug-likeness (QED) is 0.705. The number of halogens is 1. The van der Waals surface area contributed by atoms with Crippen LogP contribution in [-0.4, -0.2) is 74.6 Å². The molecule has 0 bridgehead atoms. The van der Waals surface area contributed by atoms with Crippen LogP contribution in [-0.2, 0) is 9.53 Å². The lowest BCUT2D eigenvalue weighted by Gasteiger charge is -2.34. The number of carbonyl (C=O) groups is 2. The molecule has 1 heterocycles. The molecule has 6 nitrogen and oxygen atoms in total. The number of benzene rings is 1. The highest BCUT2D eigenvalue weighted by atomic mass is 79.9. The van der Waals surface area contributed by atoms with Crippen molar-refractivity contribution in [3.8, 4) is 0 Å². The lowest BCUT2D eigenvalue weighted by atomic mass is 10.2. The molecule has 132 valence electrons. The highest BCUT2D eigenvalue weighted by Crippen LogP contribution is 2.14. The van der Waals surface area contributed by atoms with Gasteiger partial charge in [0, 0.05) is 56.5 Å². The normalized spacial score (nSPS) is 15.3. The van der Waals surface area contributed by atoms with Gasteiger partial charge in [-0.05, 0) is 24.6 Å². The van der Waals surface area contributed by atoms with Gasteiger partial charge in [-0.3, -0.25) is 14.5 Å². The van der Waals surface area contributed by atoms with Crippen LogP contribution in [0.25, 0.3) is 0 Å². The first kappa shape index (κ1) is 18.9. The van der Waals surface area contributed by atoms with Gasteiger partial charge in [-0.25, -0.2) is 0 Å². The summed E-state index contributed by atoms with van der Waals surface area (Å²) in [5.74, 6) is 0.0674. The highest BCUT2D eigenvalue weighted by molar-refractivity contribution is 9.10. The molecule has 0 spiro atoms. The Morgan fingerprint density at radius 2 is 2.00 bits per heavy atom. The summed E-state index contributed by atoms with van der Waals surface area (Å²) in [6.07, 6.45) is 0.817. The van der Waals surface area contributed by atoms with Gasteiger partial charge >= 0.3 is 0 Å². The van der Waals surface area contributed by atoms with Crippen LogP contribution in [0.1, 0.15) is 16.8 Å². The van der Waals surface area contributed by atoms with E-state index in [1.165, 1.54) is 0 Å². The van der Waals surface area contributed by atoms with Crippen LogP contribution in [0.15, 0.2) is 28.7 Å². The zero-order chi connectivity index (χ0) is 17.4. The smallest absolute Gasteiger partial charge is 0.253 e. The van der Waals surface area contributed by atoms with E-state index in [1.807, 2.05) is 29.2 Å². The van der Waals surface area contributed by atoms with E-state index >= 15 is 0 Å². The van der Waals surface area contributed by atoms with E-state index in [2.05, 4.69) is 26.1 Å². The number of carbonyl (C=O) groups excluding carboxylic acids is 2. The molecule has 1 aliphatic rings. The second-order valence-corrected chi connectivity index (χ2v) is 6.69. The van der Waals surface area contributed by atoms with E-state index in [0.717, 1.165) is 10.9 Å². The fourth-order valence-corrected chi connectivity index (χ4v) is 3.02. The van der Waals surface area contributed by atoms with Gasteiger partial charge in [-0.2, -0.15) is 0 Å². The zero-order valence-electron chi connectivity index (χ0n) is 14.0. The molecule has 1 saturated heterocycles. The summed E-state index contributed by atoms with van der Waals surface area (Å²) in [6.45, 7) is 4.37. The number of nitrogens with zero attached hydrogens (tertiary/aromatic N) is 2. The van der Waals surface area contributed by atoms with E-state index in [1.54, 1.807) is 7.11 Å². The second kappa shape index (κ2) is 9.76. The van der Waals surface area contributed by atoms with E-state index in [0.29, 0.717) is 51.4 Å². The van der Waals surface area contributed by atoms with Gasteiger partial charge in [-0.1, -0.05) is 22.0 Å². The van der Waals surface area contributed by atoms with Crippen molar-refractivity contribution in [1.82, 2.24) is 15.1 Å². The maximum absolute atomic E-state index is 12.5. The van der Waals surface area contributed by atoms with Gasteiger partial charge in [-0.15, -0.1) is 0 Å². The molecule has 7 heteroatoms. The molecule has 2 rings (SSSR count). The molecular weight excluding hydrogens is 374 g/mol. The maximum Gasteiger partial charge on any atom is 0.253 e. The molecule has 0 radical (unpaired) electrons. The Morgan fingerprint density at radius 1 is 1.25 bits per heavy atom. The summed E-state index contributed by atoms with van der Waals surface area (Å²) in [6, 6.07) is 7.43. The predicted molar refractivity (Wildman–Crippen MR) is 96.0 cm³/mol. The largest absolute Gasteiger partial charge is 0.385 e. The molecule has 1 aliphatic heterocycles. The average Bonchev–Trinajstić information content (AvgIpc) is 2.59. The fraction of sp³-hybridized carbons (Fsp3) is 0.529. The number of amides is 2. The van der Waals surface area contributed by atoms with E-state index in [-0.39, 0.29) is 11.8 Å². The molecule has 2 amide bonds. The second-order valence-electron chi connectivity index (χ2n) is 5.78. The number of ether oxygens (including phenoxy) is 1. The van der Waals surface area contributed by atoms with Crippen LogP contribution < -0.4 is 5.32 Å². The van der Waals surface area contributed by atoms with Crippen molar-refractivity contribution in [2.45, 2.75) is 6.42 Å². The first-order valence-corrected chi connectivity index (χ1v) is 8.92. The average molecular weight is 398 g/mol. The summed E-state index contributed by atoms with van der Waals surface area (Å²) < 4.78 is 5.85. The summed E-state index contributed by atoms with van der Waals surface area (Å²) in [7, 11) is 1.65. The minimum Gasteiger partial charge on any atom is -0.385 e. The number of rotatable bonds is 7. The molecule has 1 N–H and O–H groups in total. The first-order chi connectivity index (χ1) is 11.6.